The molecule has 1 spiro atoms. The molecular formula is C14H12F2N4O. The maximum absolute atomic E-state index is 13.4. The van der Waals surface area contributed by atoms with Crippen LogP contribution in [-0.2, 0) is 0 Å². The minimum absolute atomic E-state index is 0.0336. The van der Waals surface area contributed by atoms with E-state index < -0.39 is 12.1 Å². The average Bonchev–Trinajstić information content (AvgIpc) is 3.04. The number of hydrogen-bond acceptors (Lipinski definition) is 4. The van der Waals surface area contributed by atoms with Gasteiger partial charge in [-0.25, -0.2) is 4.98 Å². The molecule has 7 heteroatoms. The van der Waals surface area contributed by atoms with Gasteiger partial charge < -0.3 is 10.8 Å². The van der Waals surface area contributed by atoms with Gasteiger partial charge in [-0.2, -0.15) is 8.78 Å². The van der Waals surface area contributed by atoms with Crippen molar-refractivity contribution < 1.29 is 13.9 Å². The van der Waals surface area contributed by atoms with E-state index in [0.29, 0.717) is 23.9 Å². The van der Waals surface area contributed by atoms with Gasteiger partial charge in [-0.1, -0.05) is 12.1 Å². The molecule has 1 aliphatic heterocycles. The number of para-hydroxylation sites is 2. The number of fused-ring (bicyclic) bond motifs is 1. The van der Waals surface area contributed by atoms with Gasteiger partial charge >= 0.3 is 6.55 Å². The fraction of sp³-hybridized carbons (Fsp3) is 0.286. The number of nitrogens with two attached hydrogens (primary N) is 1. The Labute approximate surface area is 118 Å². The van der Waals surface area contributed by atoms with Crippen molar-refractivity contribution in [2.24, 2.45) is 10.7 Å². The number of aromatic nitrogens is 2. The summed E-state index contributed by atoms with van der Waals surface area (Å²) < 4.78 is 27.7. The van der Waals surface area contributed by atoms with Crippen molar-refractivity contribution in [2.75, 3.05) is 0 Å². The molecule has 2 heterocycles. The van der Waals surface area contributed by atoms with Crippen LogP contribution in [0.25, 0.3) is 16.6 Å². The van der Waals surface area contributed by atoms with Gasteiger partial charge in [-0.05, 0) is 25.0 Å². The van der Waals surface area contributed by atoms with E-state index in [1.165, 1.54) is 0 Å². The Bertz CT molecular complexity index is 817. The summed E-state index contributed by atoms with van der Waals surface area (Å²) in [5, 5.41) is 10.3. The van der Waals surface area contributed by atoms with Crippen LogP contribution < -0.4 is 5.73 Å². The van der Waals surface area contributed by atoms with E-state index in [9.17, 15) is 13.9 Å². The van der Waals surface area contributed by atoms with Gasteiger partial charge in [0, 0.05) is 0 Å². The first-order valence-electron chi connectivity index (χ1n) is 6.58. The lowest BCUT2D eigenvalue weighted by molar-refractivity contribution is 0.0737. The maximum atomic E-state index is 13.4. The topological polar surface area (TPSA) is 76.4 Å². The number of halogens is 2. The van der Waals surface area contributed by atoms with Crippen molar-refractivity contribution in [1.29, 1.82) is 0 Å². The van der Waals surface area contributed by atoms with E-state index in [-0.39, 0.29) is 23.0 Å². The Hall–Kier alpha value is -2.44. The minimum Gasteiger partial charge on any atom is -0.509 e. The highest BCUT2D eigenvalue weighted by atomic mass is 19.3. The van der Waals surface area contributed by atoms with Gasteiger partial charge in [0.25, 0.3) is 0 Å². The van der Waals surface area contributed by atoms with E-state index in [4.69, 9.17) is 5.73 Å². The van der Waals surface area contributed by atoms with Crippen molar-refractivity contribution in [3.05, 3.63) is 35.8 Å². The Balaban J connectivity index is 2.01. The molecule has 1 aromatic carbocycles. The molecule has 1 aliphatic carbocycles. The number of hydrogen-bond donors (Lipinski definition) is 2. The number of alkyl halides is 2. The third-order valence-electron chi connectivity index (χ3n) is 4.01. The van der Waals surface area contributed by atoms with Crippen LogP contribution in [-0.4, -0.2) is 26.0 Å². The molecule has 108 valence electrons. The van der Waals surface area contributed by atoms with Crippen molar-refractivity contribution in [3.63, 3.8) is 0 Å². The van der Waals surface area contributed by atoms with Crippen LogP contribution in [0.2, 0.25) is 0 Å². The summed E-state index contributed by atoms with van der Waals surface area (Å²) in [5.41, 5.74) is 6.01. The summed E-state index contributed by atoms with van der Waals surface area (Å²) >= 11 is 0. The van der Waals surface area contributed by atoms with Crippen molar-refractivity contribution in [1.82, 2.24) is 9.55 Å². The van der Waals surface area contributed by atoms with Crippen molar-refractivity contribution in [3.8, 4) is 0 Å². The van der Waals surface area contributed by atoms with E-state index in [1.807, 2.05) is 0 Å². The Morgan fingerprint density at radius 2 is 2.00 bits per heavy atom. The Morgan fingerprint density at radius 3 is 2.62 bits per heavy atom. The number of imidazole rings is 1. The smallest absolute Gasteiger partial charge is 0.320 e. The number of aliphatic imine (C=N–C) groups is 1. The molecule has 2 aliphatic rings. The van der Waals surface area contributed by atoms with Gasteiger partial charge in [0.15, 0.2) is 5.82 Å². The predicted molar refractivity (Wildman–Crippen MR) is 74.1 cm³/mol. The molecule has 0 atom stereocenters. The van der Waals surface area contributed by atoms with Crippen LogP contribution in [0, 0.1) is 0 Å². The normalized spacial score (nSPS) is 19.9. The second-order valence-electron chi connectivity index (χ2n) is 5.32. The van der Waals surface area contributed by atoms with Gasteiger partial charge in [0.05, 0.1) is 16.6 Å². The fourth-order valence-electron chi connectivity index (χ4n) is 2.80. The molecule has 5 nitrogen and oxygen atoms in total. The summed E-state index contributed by atoms with van der Waals surface area (Å²) in [7, 11) is 0. The molecule has 1 fully saturated rings. The van der Waals surface area contributed by atoms with Crippen LogP contribution >= 0.6 is 0 Å². The molecule has 1 aromatic heterocycles. The van der Waals surface area contributed by atoms with E-state index in [0.717, 1.165) is 4.57 Å². The fourth-order valence-corrected chi connectivity index (χ4v) is 2.80. The van der Waals surface area contributed by atoms with Gasteiger partial charge in [-0.15, -0.1) is 0 Å². The predicted octanol–water partition coefficient (Wildman–Crippen LogP) is 2.60. The Kier molecular flexibility index (Phi) is 2.23. The van der Waals surface area contributed by atoms with Crippen LogP contribution in [0.15, 0.2) is 35.0 Å². The van der Waals surface area contributed by atoms with Crippen LogP contribution in [0.1, 0.15) is 25.2 Å². The average molecular weight is 290 g/mol. The zero-order valence-corrected chi connectivity index (χ0v) is 10.9. The monoisotopic (exact) mass is 290 g/mol. The van der Waals surface area contributed by atoms with Crippen LogP contribution in [0.3, 0.4) is 0 Å². The number of benzene rings is 1. The van der Waals surface area contributed by atoms with E-state index in [2.05, 4.69) is 9.98 Å². The second-order valence-corrected chi connectivity index (χ2v) is 5.32. The van der Waals surface area contributed by atoms with Crippen molar-refractivity contribution in [2.45, 2.75) is 24.9 Å². The SMILES string of the molecule is NC1=NC2(CC2)C(O)=C1c1nc2ccccc2n1C(F)F. The molecule has 3 N–H and O–H groups in total. The van der Waals surface area contributed by atoms with E-state index in [1.54, 1.807) is 24.3 Å². The first kappa shape index (κ1) is 12.3. The molecule has 0 amide bonds. The molecule has 0 bridgehead atoms. The molecule has 2 aromatic rings. The number of amidine groups is 1. The summed E-state index contributed by atoms with van der Waals surface area (Å²) in [6.45, 7) is -2.78. The molecule has 21 heavy (non-hydrogen) atoms. The summed E-state index contributed by atoms with van der Waals surface area (Å²) in [5.74, 6) is -0.00635. The van der Waals surface area contributed by atoms with Gasteiger partial charge in [-0.3, -0.25) is 9.56 Å². The third-order valence-corrected chi connectivity index (χ3v) is 4.01. The largest absolute Gasteiger partial charge is 0.509 e. The Morgan fingerprint density at radius 1 is 1.29 bits per heavy atom. The number of rotatable bonds is 2. The van der Waals surface area contributed by atoms with Gasteiger partial charge in [0.2, 0.25) is 0 Å². The molecule has 0 radical (unpaired) electrons. The third kappa shape index (κ3) is 1.54. The van der Waals surface area contributed by atoms with E-state index >= 15 is 0 Å². The molecule has 0 saturated heterocycles. The molecule has 0 unspecified atom stereocenters. The number of aliphatic hydroxyl groups excluding tert-OH is 1. The quantitative estimate of drug-likeness (QED) is 0.892. The highest BCUT2D eigenvalue weighted by Gasteiger charge is 2.53. The summed E-state index contributed by atoms with van der Waals surface area (Å²) in [6, 6.07) is 6.59. The second kappa shape index (κ2) is 3.81. The highest BCUT2D eigenvalue weighted by Crippen LogP contribution is 2.51. The first-order valence-corrected chi connectivity index (χ1v) is 6.58. The lowest BCUT2D eigenvalue weighted by Gasteiger charge is -2.09. The maximum Gasteiger partial charge on any atom is 0.320 e. The van der Waals surface area contributed by atoms with Crippen LogP contribution in [0.5, 0.6) is 0 Å². The summed E-state index contributed by atoms with van der Waals surface area (Å²) in [4.78, 5) is 8.43. The molecule has 1 saturated carbocycles. The first-order chi connectivity index (χ1) is 10.0. The van der Waals surface area contributed by atoms with Crippen LogP contribution in [0.4, 0.5) is 8.78 Å². The minimum atomic E-state index is -2.78. The molecule has 4 rings (SSSR count). The zero-order valence-electron chi connectivity index (χ0n) is 10.9. The van der Waals surface area contributed by atoms with Crippen molar-refractivity contribution >= 4 is 22.4 Å². The lowest BCUT2D eigenvalue weighted by atomic mass is 10.1. The van der Waals surface area contributed by atoms with Gasteiger partial charge in [0.1, 0.15) is 17.1 Å². The number of nitrogens with zero attached hydrogens (tertiary/aromatic N) is 3. The molecular weight excluding hydrogens is 278 g/mol. The zero-order chi connectivity index (χ0) is 14.8. The summed E-state index contributed by atoms with van der Waals surface area (Å²) in [6.07, 6.45) is 1.36. The number of aliphatic hydroxyl groups is 1. The highest BCUT2D eigenvalue weighted by molar-refractivity contribution is 6.24. The lowest BCUT2D eigenvalue weighted by Crippen LogP contribution is -2.16. The standard InChI is InChI=1S/C14H12F2N4O/c15-13(16)20-8-4-2-1-3-7(8)18-12(20)9-10(21)14(5-6-14)19-11(9)17/h1-4,13,21H,5-6H2,(H2,17,19).